The van der Waals surface area contributed by atoms with E-state index in [-0.39, 0.29) is 27.6 Å². The van der Waals surface area contributed by atoms with Gasteiger partial charge in [0.25, 0.3) is 0 Å². The normalized spacial score (nSPS) is 11.9. The van der Waals surface area contributed by atoms with E-state index in [9.17, 15) is 30.7 Å². The lowest BCUT2D eigenvalue weighted by atomic mass is 9.95. The molecule has 188 valence electrons. The first kappa shape index (κ1) is 25.7. The molecule has 36 heavy (non-hydrogen) atoms. The van der Waals surface area contributed by atoms with Gasteiger partial charge in [0, 0.05) is 10.9 Å². The van der Waals surface area contributed by atoms with E-state index in [0.29, 0.717) is 18.1 Å². The Morgan fingerprint density at radius 3 is 1.94 bits per heavy atom. The van der Waals surface area contributed by atoms with Crippen molar-refractivity contribution in [2.45, 2.75) is 38.8 Å². The Kier molecular flexibility index (Phi) is 7.07. The number of halogens is 8. The molecule has 4 aromatic rings. The summed E-state index contributed by atoms with van der Waals surface area (Å²) in [5, 5.41) is -0.678. The molecule has 0 bridgehead atoms. The zero-order chi connectivity index (χ0) is 26.2. The molecule has 0 amide bonds. The molecule has 8 heteroatoms. The van der Waals surface area contributed by atoms with Gasteiger partial charge in [0.1, 0.15) is 34.6 Å². The Morgan fingerprint density at radius 1 is 0.667 bits per heavy atom. The molecule has 0 atom stereocenters. The van der Waals surface area contributed by atoms with Crippen LogP contribution in [-0.4, -0.2) is 0 Å². The van der Waals surface area contributed by atoms with E-state index in [2.05, 4.69) is 0 Å². The van der Waals surface area contributed by atoms with Crippen molar-refractivity contribution in [1.82, 2.24) is 0 Å². The number of rotatable bonds is 6. The molecular formula is C28H20F8. The molecule has 4 aromatic carbocycles. The average Bonchev–Trinajstić information content (AvgIpc) is 2.77. The summed E-state index contributed by atoms with van der Waals surface area (Å²) < 4.78 is 112. The van der Waals surface area contributed by atoms with Crippen LogP contribution in [0.5, 0.6) is 0 Å². The molecular weight excluding hydrogens is 488 g/mol. The fourth-order valence-electron chi connectivity index (χ4n) is 4.29. The van der Waals surface area contributed by atoms with E-state index >= 15 is 4.39 Å². The monoisotopic (exact) mass is 508 g/mol. The highest BCUT2D eigenvalue weighted by Gasteiger charge is 2.38. The van der Waals surface area contributed by atoms with Crippen LogP contribution in [0.15, 0.2) is 54.6 Å². The Balaban J connectivity index is 1.71. The SMILES string of the molecule is CCCCCc1cc(F)c(-c2ccc(-c3ccc4c(F)c(C(F)(F)F)c(F)cc4c3)c(F)c2)c(F)c1. The zero-order valence-corrected chi connectivity index (χ0v) is 19.0. The Hall–Kier alpha value is -3.42. The van der Waals surface area contributed by atoms with Crippen molar-refractivity contribution in [3.8, 4) is 22.3 Å². The summed E-state index contributed by atoms with van der Waals surface area (Å²) >= 11 is 0. The van der Waals surface area contributed by atoms with E-state index in [1.54, 1.807) is 0 Å². The van der Waals surface area contributed by atoms with Crippen LogP contribution in [0.4, 0.5) is 35.1 Å². The van der Waals surface area contributed by atoms with Crippen LogP contribution < -0.4 is 0 Å². The van der Waals surface area contributed by atoms with Gasteiger partial charge in [-0.25, -0.2) is 22.0 Å². The third-order valence-electron chi connectivity index (χ3n) is 6.05. The van der Waals surface area contributed by atoms with Crippen LogP contribution in [0.3, 0.4) is 0 Å². The van der Waals surface area contributed by atoms with Gasteiger partial charge in [0.2, 0.25) is 0 Å². The van der Waals surface area contributed by atoms with Gasteiger partial charge in [-0.15, -0.1) is 0 Å². The molecule has 0 fully saturated rings. The van der Waals surface area contributed by atoms with E-state index < -0.39 is 46.2 Å². The quantitative estimate of drug-likeness (QED) is 0.180. The fraction of sp³-hybridized carbons (Fsp3) is 0.214. The highest BCUT2D eigenvalue weighted by atomic mass is 19.4. The third-order valence-corrected chi connectivity index (χ3v) is 6.05. The van der Waals surface area contributed by atoms with Gasteiger partial charge in [-0.3, -0.25) is 0 Å². The Bertz CT molecular complexity index is 1410. The minimum Gasteiger partial charge on any atom is -0.206 e. The van der Waals surface area contributed by atoms with Crippen molar-refractivity contribution in [2.24, 2.45) is 0 Å². The molecule has 0 heterocycles. The number of unbranched alkanes of at least 4 members (excludes halogenated alkanes) is 2. The van der Waals surface area contributed by atoms with E-state index in [1.807, 2.05) is 6.92 Å². The van der Waals surface area contributed by atoms with Gasteiger partial charge < -0.3 is 0 Å². The number of hydrogen-bond acceptors (Lipinski definition) is 0. The number of fused-ring (bicyclic) bond motifs is 1. The van der Waals surface area contributed by atoms with Crippen LogP contribution >= 0.6 is 0 Å². The standard InChI is InChI=1S/C28H20F8/c1-2-3-4-5-15-10-22(30)25(23(31)11-15)17-7-8-19(21(29)13-17)16-6-9-20-18(12-16)14-24(32)26(27(20)33)28(34,35)36/h6-14H,2-5H2,1H3. The highest BCUT2D eigenvalue weighted by Crippen LogP contribution is 2.38. The maximum absolute atomic E-state index is 15.0. The lowest BCUT2D eigenvalue weighted by Crippen LogP contribution is -2.11. The van der Waals surface area contributed by atoms with E-state index in [0.717, 1.165) is 37.5 Å². The summed E-state index contributed by atoms with van der Waals surface area (Å²) in [7, 11) is 0. The first-order valence-electron chi connectivity index (χ1n) is 11.3. The summed E-state index contributed by atoms with van der Waals surface area (Å²) in [5.74, 6) is -6.07. The molecule has 0 aliphatic heterocycles. The van der Waals surface area contributed by atoms with Crippen LogP contribution in [0.1, 0.15) is 37.3 Å². The van der Waals surface area contributed by atoms with Gasteiger partial charge in [-0.2, -0.15) is 13.2 Å². The molecule has 0 N–H and O–H groups in total. The van der Waals surface area contributed by atoms with Gasteiger partial charge in [0.05, 0.1) is 5.56 Å². The first-order valence-corrected chi connectivity index (χ1v) is 11.3. The molecule has 0 spiro atoms. The molecule has 0 aromatic heterocycles. The second kappa shape index (κ2) is 9.91. The van der Waals surface area contributed by atoms with Crippen LogP contribution in [-0.2, 0) is 12.6 Å². The Morgan fingerprint density at radius 2 is 1.33 bits per heavy atom. The summed E-state index contributed by atoms with van der Waals surface area (Å²) in [6.45, 7) is 2.01. The van der Waals surface area contributed by atoms with E-state index in [1.165, 1.54) is 30.3 Å². The highest BCUT2D eigenvalue weighted by molar-refractivity contribution is 5.89. The maximum atomic E-state index is 15.0. The van der Waals surface area contributed by atoms with Crippen molar-refractivity contribution in [3.05, 3.63) is 94.8 Å². The lowest BCUT2D eigenvalue weighted by molar-refractivity contribution is -0.142. The summed E-state index contributed by atoms with van der Waals surface area (Å²) in [5.41, 5.74) is -1.86. The molecule has 0 aliphatic carbocycles. The number of aryl methyl sites for hydroxylation is 1. The second-order valence-electron chi connectivity index (χ2n) is 8.57. The fourth-order valence-corrected chi connectivity index (χ4v) is 4.29. The van der Waals surface area contributed by atoms with Crippen molar-refractivity contribution in [3.63, 3.8) is 0 Å². The third kappa shape index (κ3) is 4.94. The smallest absolute Gasteiger partial charge is 0.206 e. The number of hydrogen-bond donors (Lipinski definition) is 0. The van der Waals surface area contributed by atoms with Gasteiger partial charge in [-0.1, -0.05) is 44.0 Å². The molecule has 4 rings (SSSR count). The van der Waals surface area contributed by atoms with Gasteiger partial charge in [-0.05, 0) is 65.3 Å². The molecule has 0 saturated carbocycles. The predicted molar refractivity (Wildman–Crippen MR) is 123 cm³/mol. The van der Waals surface area contributed by atoms with Crippen molar-refractivity contribution in [1.29, 1.82) is 0 Å². The minimum atomic E-state index is -5.22. The molecule has 0 unspecified atom stereocenters. The van der Waals surface area contributed by atoms with Crippen LogP contribution in [0.2, 0.25) is 0 Å². The summed E-state index contributed by atoms with van der Waals surface area (Å²) in [6.07, 6.45) is -2.03. The van der Waals surface area contributed by atoms with Crippen molar-refractivity contribution >= 4 is 10.8 Å². The van der Waals surface area contributed by atoms with Gasteiger partial charge in [0.15, 0.2) is 0 Å². The maximum Gasteiger partial charge on any atom is 0.422 e. The molecule has 0 nitrogen and oxygen atoms in total. The average molecular weight is 508 g/mol. The lowest BCUT2D eigenvalue weighted by Gasteiger charge is -2.13. The largest absolute Gasteiger partial charge is 0.422 e. The van der Waals surface area contributed by atoms with Crippen LogP contribution in [0, 0.1) is 29.1 Å². The van der Waals surface area contributed by atoms with Crippen molar-refractivity contribution < 1.29 is 35.1 Å². The predicted octanol–water partition coefficient (Wildman–Crippen LogP) is 9.62. The first-order chi connectivity index (χ1) is 17.0. The van der Waals surface area contributed by atoms with E-state index in [4.69, 9.17) is 0 Å². The topological polar surface area (TPSA) is 0 Å². The number of benzene rings is 4. The molecule has 0 radical (unpaired) electrons. The minimum absolute atomic E-state index is 0.0425. The Labute approximate surface area is 202 Å². The molecule has 0 aliphatic rings. The second-order valence-corrected chi connectivity index (χ2v) is 8.57. The summed E-state index contributed by atoms with van der Waals surface area (Å²) in [6, 6.07) is 9.79. The molecule has 0 saturated heterocycles. The van der Waals surface area contributed by atoms with Gasteiger partial charge >= 0.3 is 6.18 Å². The van der Waals surface area contributed by atoms with Crippen molar-refractivity contribution in [2.75, 3.05) is 0 Å². The zero-order valence-electron chi connectivity index (χ0n) is 19.0. The summed E-state index contributed by atoms with van der Waals surface area (Å²) in [4.78, 5) is 0. The van der Waals surface area contributed by atoms with Crippen LogP contribution in [0.25, 0.3) is 33.0 Å². The number of alkyl halides is 3.